The second-order valence-electron chi connectivity index (χ2n) is 4.72. The lowest BCUT2D eigenvalue weighted by molar-refractivity contribution is -0.392. The van der Waals surface area contributed by atoms with Crippen LogP contribution in [0.15, 0.2) is 11.6 Å². The van der Waals surface area contributed by atoms with E-state index in [-0.39, 0.29) is 11.0 Å². The number of allylic oxidation sites excluding steroid dienone is 1. The summed E-state index contributed by atoms with van der Waals surface area (Å²) in [5.41, 5.74) is 1.29. The summed E-state index contributed by atoms with van der Waals surface area (Å²) in [7, 11) is 0. The minimum absolute atomic E-state index is 0.112. The van der Waals surface area contributed by atoms with Crippen molar-refractivity contribution in [1.29, 1.82) is 0 Å². The highest BCUT2D eigenvalue weighted by Gasteiger charge is 2.63. The van der Waals surface area contributed by atoms with Gasteiger partial charge in [0.25, 0.3) is 0 Å². The molecule has 1 N–H and O–H groups in total. The van der Waals surface area contributed by atoms with E-state index >= 15 is 0 Å². The monoisotopic (exact) mass is 168 g/mol. The molecule has 0 aromatic heterocycles. The van der Waals surface area contributed by atoms with Crippen molar-refractivity contribution >= 4 is 0 Å². The van der Waals surface area contributed by atoms with E-state index in [2.05, 4.69) is 31.7 Å². The van der Waals surface area contributed by atoms with Crippen molar-refractivity contribution in [3.05, 3.63) is 11.6 Å². The van der Waals surface area contributed by atoms with Crippen molar-refractivity contribution in [1.82, 2.24) is 0 Å². The lowest BCUT2D eigenvalue weighted by Crippen LogP contribution is -2.63. The number of hydrogen-bond donors (Lipinski definition) is 1. The maximum Gasteiger partial charge on any atom is 0.113 e. The summed E-state index contributed by atoms with van der Waals surface area (Å²) in [4.78, 5) is 4.66. The Labute approximate surface area is 73.2 Å². The van der Waals surface area contributed by atoms with Crippen molar-refractivity contribution in [3.8, 4) is 0 Å². The van der Waals surface area contributed by atoms with Crippen LogP contribution in [0, 0.1) is 11.3 Å². The molecule has 68 valence electrons. The third-order valence-corrected chi connectivity index (χ3v) is 4.06. The SMILES string of the molecule is CC1=CCC2(OO)CC1C2(C)C. The zero-order valence-corrected chi connectivity index (χ0v) is 7.92. The van der Waals surface area contributed by atoms with E-state index in [4.69, 9.17) is 5.26 Å². The minimum atomic E-state index is -0.281. The Hall–Kier alpha value is -0.340. The van der Waals surface area contributed by atoms with Crippen LogP contribution in [0.4, 0.5) is 0 Å². The van der Waals surface area contributed by atoms with Crippen LogP contribution < -0.4 is 0 Å². The Bertz CT molecular complexity index is 242. The molecule has 1 fully saturated rings. The maximum atomic E-state index is 8.88. The van der Waals surface area contributed by atoms with E-state index in [0.717, 1.165) is 12.8 Å². The van der Waals surface area contributed by atoms with E-state index in [9.17, 15) is 0 Å². The smallest absolute Gasteiger partial charge is 0.113 e. The molecule has 0 spiro atoms. The molecule has 0 aromatic rings. The van der Waals surface area contributed by atoms with Crippen LogP contribution in [0.5, 0.6) is 0 Å². The van der Waals surface area contributed by atoms with Crippen molar-refractivity contribution in [3.63, 3.8) is 0 Å². The van der Waals surface area contributed by atoms with Crippen LogP contribution in [-0.2, 0) is 4.89 Å². The second kappa shape index (κ2) is 2.12. The molecule has 3 rings (SSSR count). The highest BCUT2D eigenvalue weighted by atomic mass is 17.1. The zero-order valence-electron chi connectivity index (χ0n) is 7.92. The van der Waals surface area contributed by atoms with Crippen LogP contribution in [-0.4, -0.2) is 10.9 Å². The van der Waals surface area contributed by atoms with Gasteiger partial charge in [0.1, 0.15) is 5.60 Å². The summed E-state index contributed by atoms with van der Waals surface area (Å²) in [5.74, 6) is 0.610. The predicted octanol–water partition coefficient (Wildman–Crippen LogP) is 2.61. The van der Waals surface area contributed by atoms with Gasteiger partial charge in [0.2, 0.25) is 0 Å². The maximum absolute atomic E-state index is 8.88. The average Bonchev–Trinajstić information content (AvgIpc) is 2.04. The van der Waals surface area contributed by atoms with Crippen LogP contribution in [0.2, 0.25) is 0 Å². The van der Waals surface area contributed by atoms with E-state index in [1.807, 2.05) is 0 Å². The van der Waals surface area contributed by atoms with Gasteiger partial charge in [-0.3, -0.25) is 5.26 Å². The Kier molecular flexibility index (Phi) is 1.46. The first-order valence-corrected chi connectivity index (χ1v) is 4.53. The number of fused-ring (bicyclic) bond motifs is 1. The van der Waals surface area contributed by atoms with E-state index in [1.165, 1.54) is 5.57 Å². The van der Waals surface area contributed by atoms with Crippen molar-refractivity contribution < 1.29 is 10.1 Å². The number of hydrogen-bond acceptors (Lipinski definition) is 2. The van der Waals surface area contributed by atoms with Gasteiger partial charge in [0, 0.05) is 5.41 Å². The molecule has 1 saturated carbocycles. The Morgan fingerprint density at radius 3 is 2.67 bits per heavy atom. The molecule has 2 atom stereocenters. The fourth-order valence-electron chi connectivity index (χ4n) is 2.77. The van der Waals surface area contributed by atoms with E-state index in [1.54, 1.807) is 0 Å². The molecule has 0 heterocycles. The summed E-state index contributed by atoms with van der Waals surface area (Å²) in [6.45, 7) is 6.52. The molecule has 3 aliphatic rings. The van der Waals surface area contributed by atoms with Crippen molar-refractivity contribution in [2.45, 2.75) is 39.2 Å². The highest BCUT2D eigenvalue weighted by molar-refractivity contribution is 5.28. The van der Waals surface area contributed by atoms with Crippen LogP contribution in [0.1, 0.15) is 33.6 Å². The molecule has 2 nitrogen and oxygen atoms in total. The van der Waals surface area contributed by atoms with E-state index in [0.29, 0.717) is 5.92 Å². The molecule has 2 unspecified atom stereocenters. The quantitative estimate of drug-likeness (QED) is 0.370. The van der Waals surface area contributed by atoms with Gasteiger partial charge in [-0.05, 0) is 25.7 Å². The summed E-state index contributed by atoms with van der Waals surface area (Å²) in [5, 5.41) is 8.88. The molecular weight excluding hydrogens is 152 g/mol. The molecule has 0 amide bonds. The van der Waals surface area contributed by atoms with Gasteiger partial charge in [0.05, 0.1) is 0 Å². The first kappa shape index (κ1) is 8.27. The Balaban J connectivity index is 2.35. The van der Waals surface area contributed by atoms with Crippen molar-refractivity contribution in [2.24, 2.45) is 11.3 Å². The largest absolute Gasteiger partial charge is 0.251 e. The average molecular weight is 168 g/mol. The van der Waals surface area contributed by atoms with Gasteiger partial charge in [-0.1, -0.05) is 25.5 Å². The first-order chi connectivity index (χ1) is 5.53. The molecule has 0 aromatic carbocycles. The molecular formula is C10H16O2. The molecule has 2 bridgehead atoms. The van der Waals surface area contributed by atoms with Crippen molar-refractivity contribution in [2.75, 3.05) is 0 Å². The Morgan fingerprint density at radius 2 is 2.25 bits per heavy atom. The molecule has 2 heteroatoms. The normalized spacial score (nSPS) is 43.3. The van der Waals surface area contributed by atoms with Crippen LogP contribution >= 0.6 is 0 Å². The standard InChI is InChI=1S/C10H16O2/c1-7-4-5-10(12-11)6-8(7)9(10,2)3/h4,8,11H,5-6H2,1-3H3. The molecule has 12 heavy (non-hydrogen) atoms. The third-order valence-electron chi connectivity index (χ3n) is 4.06. The summed E-state index contributed by atoms with van der Waals surface area (Å²) >= 11 is 0. The zero-order chi connectivity index (χ0) is 8.98. The lowest BCUT2D eigenvalue weighted by atomic mass is 9.46. The fourth-order valence-corrected chi connectivity index (χ4v) is 2.77. The van der Waals surface area contributed by atoms with Gasteiger partial charge in [-0.2, -0.15) is 0 Å². The van der Waals surface area contributed by atoms with Crippen LogP contribution in [0.25, 0.3) is 0 Å². The second-order valence-corrected chi connectivity index (χ2v) is 4.72. The van der Waals surface area contributed by atoms with Gasteiger partial charge < -0.3 is 0 Å². The molecule has 0 saturated heterocycles. The third kappa shape index (κ3) is 0.679. The lowest BCUT2D eigenvalue weighted by Gasteiger charge is -2.62. The summed E-state index contributed by atoms with van der Waals surface area (Å²) in [6, 6.07) is 0. The van der Waals surface area contributed by atoms with Gasteiger partial charge >= 0.3 is 0 Å². The molecule has 0 aliphatic heterocycles. The summed E-state index contributed by atoms with van der Waals surface area (Å²) < 4.78 is 0. The topological polar surface area (TPSA) is 29.5 Å². The molecule has 3 aliphatic carbocycles. The number of rotatable bonds is 1. The summed E-state index contributed by atoms with van der Waals surface area (Å²) in [6.07, 6.45) is 4.04. The van der Waals surface area contributed by atoms with Gasteiger partial charge in [0.15, 0.2) is 0 Å². The van der Waals surface area contributed by atoms with E-state index < -0.39 is 0 Å². The highest BCUT2D eigenvalue weighted by Crippen LogP contribution is 2.63. The predicted molar refractivity (Wildman–Crippen MR) is 46.7 cm³/mol. The van der Waals surface area contributed by atoms with Gasteiger partial charge in [-0.15, -0.1) is 0 Å². The Morgan fingerprint density at radius 1 is 1.58 bits per heavy atom. The molecule has 0 radical (unpaired) electrons. The van der Waals surface area contributed by atoms with Crippen LogP contribution in [0.3, 0.4) is 0 Å². The first-order valence-electron chi connectivity index (χ1n) is 4.53. The fraction of sp³-hybridized carbons (Fsp3) is 0.800. The minimum Gasteiger partial charge on any atom is -0.251 e. The van der Waals surface area contributed by atoms with Gasteiger partial charge in [-0.25, -0.2) is 4.89 Å².